The fourth-order valence-corrected chi connectivity index (χ4v) is 3.64. The summed E-state index contributed by atoms with van der Waals surface area (Å²) in [4.78, 5) is 10.8. The van der Waals surface area contributed by atoms with Gasteiger partial charge in [-0.2, -0.15) is 0 Å². The van der Waals surface area contributed by atoms with Crippen LogP contribution in [-0.4, -0.2) is 11.1 Å². The summed E-state index contributed by atoms with van der Waals surface area (Å²) in [5.74, 6) is -0.829. The first kappa shape index (κ1) is 14.2. The second-order valence-electron chi connectivity index (χ2n) is 6.53. The Bertz CT molecular complexity index is 765. The Morgan fingerprint density at radius 3 is 2.57 bits per heavy atom. The smallest absolute Gasteiger partial charge is 0.338 e. The van der Waals surface area contributed by atoms with E-state index in [1.165, 1.54) is 37.0 Å². The Kier molecular flexibility index (Phi) is 3.15. The molecule has 2 aromatic rings. The largest absolute Gasteiger partial charge is 0.489 e. The predicted octanol–water partition coefficient (Wildman–Crippen LogP) is 4.15. The van der Waals surface area contributed by atoms with Crippen molar-refractivity contribution in [2.45, 2.75) is 31.3 Å². The zero-order valence-corrected chi connectivity index (χ0v) is 12.6. The van der Waals surface area contributed by atoms with Crippen molar-refractivity contribution in [1.82, 2.24) is 0 Å². The predicted molar refractivity (Wildman–Crippen MR) is 83.2 cm³/mol. The molecule has 0 amide bonds. The van der Waals surface area contributed by atoms with E-state index < -0.39 is 11.8 Å². The summed E-state index contributed by atoms with van der Waals surface area (Å²) in [6, 6.07) is 12.3. The third-order valence-corrected chi connectivity index (χ3v) is 5.28. The van der Waals surface area contributed by atoms with E-state index in [4.69, 9.17) is 9.84 Å². The van der Waals surface area contributed by atoms with Gasteiger partial charge >= 0.3 is 5.97 Å². The van der Waals surface area contributed by atoms with E-state index in [1.54, 1.807) is 0 Å². The SMILES string of the molecule is O=C(O)c1ccc(OCc2ccc([C@@]34CC[C@H]3C4)cc2)cc1F. The molecule has 0 unspecified atom stereocenters. The van der Waals surface area contributed by atoms with Crippen molar-refractivity contribution >= 4 is 5.97 Å². The van der Waals surface area contributed by atoms with Crippen LogP contribution in [0.1, 0.15) is 40.7 Å². The van der Waals surface area contributed by atoms with Crippen LogP contribution in [0.25, 0.3) is 0 Å². The fourth-order valence-electron chi connectivity index (χ4n) is 3.64. The number of fused-ring (bicyclic) bond motifs is 1. The van der Waals surface area contributed by atoms with Gasteiger partial charge in [0.2, 0.25) is 0 Å². The molecule has 0 aliphatic heterocycles. The lowest BCUT2D eigenvalue weighted by atomic mass is 9.79. The summed E-state index contributed by atoms with van der Waals surface area (Å²) in [7, 11) is 0. The standard InChI is InChI=1S/C19H17FO3/c20-17-9-15(5-6-16(17)18(21)22)23-11-12-1-3-13(4-2-12)19-8-7-14(19)10-19/h1-6,9,14H,7-8,10-11H2,(H,21,22)/t14-,19-/m0/s1. The molecule has 2 saturated carbocycles. The molecule has 0 bridgehead atoms. The highest BCUT2D eigenvalue weighted by atomic mass is 19.1. The number of carboxylic acid groups (broad SMARTS) is 1. The number of carbonyl (C=O) groups is 1. The molecular formula is C19H17FO3. The molecule has 2 aromatic carbocycles. The highest BCUT2D eigenvalue weighted by Gasteiger charge is 2.61. The third kappa shape index (κ3) is 2.38. The number of rotatable bonds is 5. The second kappa shape index (κ2) is 5.08. The first-order chi connectivity index (χ1) is 11.1. The Balaban J connectivity index is 1.41. The van der Waals surface area contributed by atoms with Gasteiger partial charge in [-0.05, 0) is 53.9 Å². The maximum absolute atomic E-state index is 13.6. The molecule has 0 saturated heterocycles. The molecule has 118 valence electrons. The zero-order valence-electron chi connectivity index (χ0n) is 12.6. The molecule has 0 spiro atoms. The average molecular weight is 312 g/mol. The molecule has 0 radical (unpaired) electrons. The first-order valence-corrected chi connectivity index (χ1v) is 7.83. The van der Waals surface area contributed by atoms with Gasteiger partial charge in [0.1, 0.15) is 18.2 Å². The van der Waals surface area contributed by atoms with Crippen molar-refractivity contribution in [3.05, 3.63) is 65.0 Å². The van der Waals surface area contributed by atoms with Crippen LogP contribution in [0.2, 0.25) is 0 Å². The average Bonchev–Trinajstić information content (AvgIpc) is 3.07. The Morgan fingerprint density at radius 1 is 1.26 bits per heavy atom. The summed E-state index contributed by atoms with van der Waals surface area (Å²) in [5.41, 5.74) is 2.58. The lowest BCUT2D eigenvalue weighted by molar-refractivity contribution is 0.0692. The molecule has 2 aliphatic carbocycles. The van der Waals surface area contributed by atoms with Crippen LogP contribution in [0.15, 0.2) is 42.5 Å². The third-order valence-electron chi connectivity index (χ3n) is 5.28. The van der Waals surface area contributed by atoms with Crippen LogP contribution >= 0.6 is 0 Å². The summed E-state index contributed by atoms with van der Waals surface area (Å²) in [6.45, 7) is 0.336. The second-order valence-corrected chi connectivity index (χ2v) is 6.53. The van der Waals surface area contributed by atoms with Gasteiger partial charge in [-0.15, -0.1) is 0 Å². The number of benzene rings is 2. The van der Waals surface area contributed by atoms with Gasteiger partial charge in [-0.1, -0.05) is 24.3 Å². The molecule has 23 heavy (non-hydrogen) atoms. The number of hydrogen-bond acceptors (Lipinski definition) is 2. The van der Waals surface area contributed by atoms with Gasteiger partial charge in [0.05, 0.1) is 5.56 Å². The van der Waals surface area contributed by atoms with Gasteiger partial charge < -0.3 is 9.84 Å². The first-order valence-electron chi connectivity index (χ1n) is 7.83. The molecule has 4 heteroatoms. The van der Waals surface area contributed by atoms with Gasteiger partial charge in [0.25, 0.3) is 0 Å². The van der Waals surface area contributed by atoms with E-state index in [0.717, 1.165) is 17.5 Å². The Labute approximate surface area is 133 Å². The highest BCUT2D eigenvalue weighted by Crippen LogP contribution is 2.68. The molecular weight excluding hydrogens is 295 g/mol. The van der Waals surface area contributed by atoms with Crippen molar-refractivity contribution in [3.8, 4) is 5.75 Å². The minimum atomic E-state index is -1.28. The van der Waals surface area contributed by atoms with Crippen molar-refractivity contribution < 1.29 is 19.0 Å². The monoisotopic (exact) mass is 312 g/mol. The van der Waals surface area contributed by atoms with E-state index in [9.17, 15) is 9.18 Å². The van der Waals surface area contributed by atoms with Gasteiger partial charge in [-0.25, -0.2) is 9.18 Å². The number of aromatic carboxylic acids is 1. The Hall–Kier alpha value is -2.36. The van der Waals surface area contributed by atoms with Crippen LogP contribution in [0.3, 0.4) is 0 Å². The van der Waals surface area contributed by atoms with E-state index in [1.807, 2.05) is 0 Å². The molecule has 0 aromatic heterocycles. The molecule has 2 atom stereocenters. The van der Waals surface area contributed by atoms with Crippen LogP contribution in [0.4, 0.5) is 4.39 Å². The number of halogens is 1. The van der Waals surface area contributed by atoms with Crippen LogP contribution in [-0.2, 0) is 12.0 Å². The lowest BCUT2D eigenvalue weighted by Gasteiger charge is -2.26. The lowest BCUT2D eigenvalue weighted by Crippen LogP contribution is -2.18. The van der Waals surface area contributed by atoms with Crippen molar-refractivity contribution in [1.29, 1.82) is 0 Å². The minimum absolute atomic E-state index is 0.330. The van der Waals surface area contributed by atoms with Gasteiger partial charge in [-0.3, -0.25) is 0 Å². The molecule has 2 aliphatic rings. The maximum atomic E-state index is 13.6. The van der Waals surface area contributed by atoms with Gasteiger partial charge in [0, 0.05) is 6.07 Å². The number of carboxylic acids is 1. The minimum Gasteiger partial charge on any atom is -0.489 e. The number of hydrogen-bond donors (Lipinski definition) is 1. The van der Waals surface area contributed by atoms with Crippen molar-refractivity contribution in [3.63, 3.8) is 0 Å². The zero-order chi connectivity index (χ0) is 16.0. The summed E-state index contributed by atoms with van der Waals surface area (Å²) >= 11 is 0. The molecule has 3 nitrogen and oxygen atoms in total. The molecule has 4 rings (SSSR count). The van der Waals surface area contributed by atoms with Gasteiger partial charge in [0.15, 0.2) is 0 Å². The van der Waals surface area contributed by atoms with Crippen LogP contribution in [0, 0.1) is 11.7 Å². The molecule has 2 fully saturated rings. The van der Waals surface area contributed by atoms with E-state index in [2.05, 4.69) is 24.3 Å². The summed E-state index contributed by atoms with van der Waals surface area (Å²) in [6.07, 6.45) is 4.00. The highest BCUT2D eigenvalue weighted by molar-refractivity contribution is 5.88. The van der Waals surface area contributed by atoms with E-state index in [-0.39, 0.29) is 5.56 Å². The summed E-state index contributed by atoms with van der Waals surface area (Å²) < 4.78 is 19.2. The summed E-state index contributed by atoms with van der Waals surface area (Å²) in [5, 5.41) is 8.80. The fraction of sp³-hybridized carbons (Fsp3) is 0.316. The molecule has 0 heterocycles. The maximum Gasteiger partial charge on any atom is 0.338 e. The van der Waals surface area contributed by atoms with E-state index >= 15 is 0 Å². The quantitative estimate of drug-likeness (QED) is 0.902. The van der Waals surface area contributed by atoms with Crippen LogP contribution < -0.4 is 4.74 Å². The van der Waals surface area contributed by atoms with Crippen molar-refractivity contribution in [2.75, 3.05) is 0 Å². The molecule has 1 N–H and O–H groups in total. The normalized spacial score (nSPS) is 24.5. The topological polar surface area (TPSA) is 46.5 Å². The van der Waals surface area contributed by atoms with E-state index in [0.29, 0.717) is 17.8 Å². The number of ether oxygens (including phenoxy) is 1. The van der Waals surface area contributed by atoms with Crippen molar-refractivity contribution in [2.24, 2.45) is 5.92 Å². The Morgan fingerprint density at radius 2 is 2.04 bits per heavy atom. The van der Waals surface area contributed by atoms with Crippen LogP contribution in [0.5, 0.6) is 5.75 Å².